The summed E-state index contributed by atoms with van der Waals surface area (Å²) < 4.78 is 5.81. The van der Waals surface area contributed by atoms with Gasteiger partial charge in [0, 0.05) is 5.92 Å². The van der Waals surface area contributed by atoms with Gasteiger partial charge in [0.1, 0.15) is 5.75 Å². The highest BCUT2D eigenvalue weighted by Gasteiger charge is 2.14. The number of rotatable bonds is 6. The fourth-order valence-corrected chi connectivity index (χ4v) is 1.91. The number of anilines is 1. The minimum absolute atomic E-state index is 0.0513. The van der Waals surface area contributed by atoms with E-state index in [4.69, 9.17) is 10.5 Å². The summed E-state index contributed by atoms with van der Waals surface area (Å²) in [5.74, 6) is 1.18. The second-order valence-electron chi connectivity index (χ2n) is 4.88. The number of carbonyl (C=O) groups is 1. The highest BCUT2D eigenvalue weighted by molar-refractivity contribution is 5.93. The molecule has 110 valence electrons. The molecule has 4 heteroatoms. The summed E-state index contributed by atoms with van der Waals surface area (Å²) in [7, 11) is 0. The molecule has 0 radical (unpaired) electrons. The molecule has 0 aliphatic carbocycles. The Labute approximate surface area is 124 Å². The Balaban J connectivity index is 2.12. The van der Waals surface area contributed by atoms with Crippen LogP contribution in [0.25, 0.3) is 0 Å². The van der Waals surface area contributed by atoms with E-state index in [-0.39, 0.29) is 11.8 Å². The van der Waals surface area contributed by atoms with E-state index >= 15 is 0 Å². The minimum Gasteiger partial charge on any atom is -0.455 e. The van der Waals surface area contributed by atoms with Crippen molar-refractivity contribution in [2.75, 3.05) is 11.9 Å². The Morgan fingerprint density at radius 2 is 1.81 bits per heavy atom. The second kappa shape index (κ2) is 7.45. The molecule has 2 rings (SSSR count). The van der Waals surface area contributed by atoms with Crippen LogP contribution in [0.2, 0.25) is 0 Å². The summed E-state index contributed by atoms with van der Waals surface area (Å²) in [6, 6.07) is 16.9. The van der Waals surface area contributed by atoms with Crippen LogP contribution in [0.4, 0.5) is 5.69 Å². The third-order valence-corrected chi connectivity index (χ3v) is 3.16. The average molecular weight is 284 g/mol. The van der Waals surface area contributed by atoms with Crippen LogP contribution in [0, 0.1) is 5.92 Å². The first-order valence-corrected chi connectivity index (χ1v) is 7.03. The fraction of sp³-hybridized carbons (Fsp3) is 0.235. The van der Waals surface area contributed by atoms with E-state index in [1.54, 1.807) is 0 Å². The molecule has 0 spiro atoms. The summed E-state index contributed by atoms with van der Waals surface area (Å²) in [6.07, 6.45) is 0.660. The summed E-state index contributed by atoms with van der Waals surface area (Å²) in [5.41, 5.74) is 6.15. The van der Waals surface area contributed by atoms with E-state index in [1.165, 1.54) is 0 Å². The van der Waals surface area contributed by atoms with Gasteiger partial charge in [-0.05, 0) is 37.2 Å². The van der Waals surface area contributed by atoms with Crippen LogP contribution >= 0.6 is 0 Å². The minimum atomic E-state index is -0.125. The van der Waals surface area contributed by atoms with Gasteiger partial charge < -0.3 is 15.8 Å². The van der Waals surface area contributed by atoms with Gasteiger partial charge in [0.05, 0.1) is 5.69 Å². The highest BCUT2D eigenvalue weighted by atomic mass is 16.5. The molecule has 1 unspecified atom stereocenters. The molecular formula is C17H20N2O2. The van der Waals surface area contributed by atoms with E-state index in [1.807, 2.05) is 61.5 Å². The van der Waals surface area contributed by atoms with Crippen molar-refractivity contribution in [3.05, 3.63) is 54.6 Å². The molecule has 0 bridgehead atoms. The number of nitrogens with two attached hydrogens (primary N) is 1. The SMILES string of the molecule is CC(CCN)C(=O)Nc1ccccc1Oc1ccccc1. The van der Waals surface area contributed by atoms with Gasteiger partial charge in [-0.2, -0.15) is 0 Å². The lowest BCUT2D eigenvalue weighted by Gasteiger charge is -2.14. The standard InChI is InChI=1S/C17H20N2O2/c1-13(11-12-18)17(20)19-15-9-5-6-10-16(15)21-14-7-3-2-4-8-14/h2-10,13H,11-12,18H2,1H3,(H,19,20). The number of hydrogen-bond donors (Lipinski definition) is 2. The van der Waals surface area contributed by atoms with Gasteiger partial charge in [-0.25, -0.2) is 0 Å². The van der Waals surface area contributed by atoms with E-state index in [0.29, 0.717) is 24.4 Å². The Hall–Kier alpha value is -2.33. The van der Waals surface area contributed by atoms with E-state index < -0.39 is 0 Å². The summed E-state index contributed by atoms with van der Waals surface area (Å²) >= 11 is 0. The zero-order chi connectivity index (χ0) is 15.1. The van der Waals surface area contributed by atoms with Crippen molar-refractivity contribution in [1.29, 1.82) is 0 Å². The number of hydrogen-bond acceptors (Lipinski definition) is 3. The molecule has 2 aromatic rings. The Morgan fingerprint density at radius 3 is 2.52 bits per heavy atom. The maximum absolute atomic E-state index is 12.1. The molecule has 1 atom stereocenters. The molecule has 0 aliphatic heterocycles. The van der Waals surface area contributed by atoms with Crippen LogP contribution in [0.1, 0.15) is 13.3 Å². The maximum atomic E-state index is 12.1. The predicted molar refractivity (Wildman–Crippen MR) is 84.4 cm³/mol. The zero-order valence-corrected chi connectivity index (χ0v) is 12.1. The molecule has 4 nitrogen and oxygen atoms in total. The summed E-state index contributed by atoms with van der Waals surface area (Å²) in [4.78, 5) is 12.1. The van der Waals surface area contributed by atoms with E-state index in [2.05, 4.69) is 5.32 Å². The van der Waals surface area contributed by atoms with Gasteiger partial charge in [-0.15, -0.1) is 0 Å². The molecule has 21 heavy (non-hydrogen) atoms. The third-order valence-electron chi connectivity index (χ3n) is 3.16. The highest BCUT2D eigenvalue weighted by Crippen LogP contribution is 2.29. The lowest BCUT2D eigenvalue weighted by Crippen LogP contribution is -2.22. The molecule has 0 aromatic heterocycles. The van der Waals surface area contributed by atoms with Crippen LogP contribution in [-0.2, 0) is 4.79 Å². The molecule has 0 saturated heterocycles. The first-order chi connectivity index (χ1) is 10.2. The lowest BCUT2D eigenvalue weighted by atomic mass is 10.1. The Bertz CT molecular complexity index is 584. The van der Waals surface area contributed by atoms with Crippen LogP contribution in [0.5, 0.6) is 11.5 Å². The number of nitrogens with one attached hydrogen (secondary N) is 1. The number of carbonyl (C=O) groups excluding carboxylic acids is 1. The largest absolute Gasteiger partial charge is 0.455 e. The molecule has 2 aromatic carbocycles. The topological polar surface area (TPSA) is 64.4 Å². The summed E-state index contributed by atoms with van der Waals surface area (Å²) in [5, 5.41) is 2.90. The fourth-order valence-electron chi connectivity index (χ4n) is 1.91. The molecular weight excluding hydrogens is 264 g/mol. The Kier molecular flexibility index (Phi) is 5.35. The first-order valence-electron chi connectivity index (χ1n) is 7.03. The van der Waals surface area contributed by atoms with E-state index in [0.717, 1.165) is 5.75 Å². The zero-order valence-electron chi connectivity index (χ0n) is 12.1. The number of amides is 1. The quantitative estimate of drug-likeness (QED) is 0.854. The van der Waals surface area contributed by atoms with Gasteiger partial charge in [0.25, 0.3) is 0 Å². The van der Waals surface area contributed by atoms with Crippen LogP contribution in [0.3, 0.4) is 0 Å². The summed E-state index contributed by atoms with van der Waals surface area (Å²) in [6.45, 7) is 2.36. The Morgan fingerprint density at radius 1 is 1.14 bits per heavy atom. The van der Waals surface area contributed by atoms with Gasteiger partial charge in [-0.1, -0.05) is 37.3 Å². The van der Waals surface area contributed by atoms with Crippen molar-refractivity contribution >= 4 is 11.6 Å². The number of para-hydroxylation sites is 3. The van der Waals surface area contributed by atoms with Crippen LogP contribution in [-0.4, -0.2) is 12.5 Å². The molecule has 0 fully saturated rings. The first kappa shape index (κ1) is 15.1. The molecule has 0 aliphatic rings. The van der Waals surface area contributed by atoms with Crippen molar-refractivity contribution in [3.63, 3.8) is 0 Å². The predicted octanol–water partition coefficient (Wildman–Crippen LogP) is 3.40. The van der Waals surface area contributed by atoms with Crippen molar-refractivity contribution < 1.29 is 9.53 Å². The van der Waals surface area contributed by atoms with Crippen molar-refractivity contribution in [1.82, 2.24) is 0 Å². The number of benzene rings is 2. The van der Waals surface area contributed by atoms with Gasteiger partial charge >= 0.3 is 0 Å². The molecule has 3 N–H and O–H groups in total. The molecule has 0 heterocycles. The van der Waals surface area contributed by atoms with Crippen molar-refractivity contribution in [2.45, 2.75) is 13.3 Å². The maximum Gasteiger partial charge on any atom is 0.227 e. The molecule has 0 saturated carbocycles. The van der Waals surface area contributed by atoms with Crippen molar-refractivity contribution in [3.8, 4) is 11.5 Å². The van der Waals surface area contributed by atoms with Gasteiger partial charge in [0.2, 0.25) is 5.91 Å². The average Bonchev–Trinajstić information content (AvgIpc) is 2.50. The van der Waals surface area contributed by atoms with Crippen LogP contribution < -0.4 is 15.8 Å². The second-order valence-corrected chi connectivity index (χ2v) is 4.88. The van der Waals surface area contributed by atoms with E-state index in [9.17, 15) is 4.79 Å². The lowest BCUT2D eigenvalue weighted by molar-refractivity contribution is -0.119. The van der Waals surface area contributed by atoms with Gasteiger partial charge in [0.15, 0.2) is 5.75 Å². The normalized spacial score (nSPS) is 11.7. The third kappa shape index (κ3) is 4.33. The molecule has 1 amide bonds. The van der Waals surface area contributed by atoms with Crippen molar-refractivity contribution in [2.24, 2.45) is 11.7 Å². The monoisotopic (exact) mass is 284 g/mol. The van der Waals surface area contributed by atoms with Gasteiger partial charge in [-0.3, -0.25) is 4.79 Å². The smallest absolute Gasteiger partial charge is 0.227 e. The number of ether oxygens (including phenoxy) is 1. The van der Waals surface area contributed by atoms with Crippen LogP contribution in [0.15, 0.2) is 54.6 Å².